The first-order valence-electron chi connectivity index (χ1n) is 4.06. The fourth-order valence-corrected chi connectivity index (χ4v) is 2.65. The van der Waals surface area contributed by atoms with Crippen molar-refractivity contribution >= 4 is 48.7 Å². The summed E-state index contributed by atoms with van der Waals surface area (Å²) in [7, 11) is 0. The molecule has 0 saturated heterocycles. The van der Waals surface area contributed by atoms with Crippen LogP contribution in [0.1, 0.15) is 10.4 Å². The fourth-order valence-electron chi connectivity index (χ4n) is 1.29. The number of pyridine rings is 1. The van der Waals surface area contributed by atoms with Crippen LogP contribution >= 0.6 is 31.9 Å². The van der Waals surface area contributed by atoms with Gasteiger partial charge in [-0.25, -0.2) is 4.79 Å². The fraction of sp³-hybridized carbons (Fsp3) is 0. The molecule has 2 aromatic rings. The maximum Gasteiger partial charge on any atom is 0.337 e. The van der Waals surface area contributed by atoms with E-state index in [2.05, 4.69) is 36.8 Å². The Bertz CT molecular complexity index is 554. The molecule has 0 fully saturated rings. The molecular weight excluding hydrogens is 326 g/mol. The number of aromatic carboxylic acids is 1. The molecule has 0 saturated carbocycles. The molecule has 0 bridgehead atoms. The third kappa shape index (κ3) is 2.03. The summed E-state index contributed by atoms with van der Waals surface area (Å²) in [6.07, 6.45) is 1.35. The normalized spacial score (nSPS) is 10.5. The van der Waals surface area contributed by atoms with E-state index in [4.69, 9.17) is 5.11 Å². The van der Waals surface area contributed by atoms with Gasteiger partial charge in [0, 0.05) is 20.5 Å². The van der Waals surface area contributed by atoms with E-state index >= 15 is 0 Å². The van der Waals surface area contributed by atoms with Crippen molar-refractivity contribution in [3.63, 3.8) is 0 Å². The lowest BCUT2D eigenvalue weighted by atomic mass is 10.1. The second-order valence-electron chi connectivity index (χ2n) is 2.99. The van der Waals surface area contributed by atoms with E-state index in [9.17, 15) is 4.79 Å². The van der Waals surface area contributed by atoms with Crippen LogP contribution in [-0.2, 0) is 0 Å². The van der Waals surface area contributed by atoms with Crippen LogP contribution < -0.4 is 0 Å². The van der Waals surface area contributed by atoms with Crippen molar-refractivity contribution in [2.75, 3.05) is 0 Å². The molecule has 0 spiro atoms. The monoisotopic (exact) mass is 329 g/mol. The summed E-state index contributed by atoms with van der Waals surface area (Å²) >= 11 is 6.71. The summed E-state index contributed by atoms with van der Waals surface area (Å²) in [6.45, 7) is 0. The Balaban J connectivity index is 2.76. The predicted octanol–water partition coefficient (Wildman–Crippen LogP) is 3.46. The third-order valence-electron chi connectivity index (χ3n) is 1.95. The Labute approximate surface area is 102 Å². The van der Waals surface area contributed by atoms with Gasteiger partial charge in [0.05, 0.1) is 11.1 Å². The molecule has 2 rings (SSSR count). The van der Waals surface area contributed by atoms with Crippen LogP contribution in [-0.4, -0.2) is 16.1 Å². The molecule has 1 heterocycles. The number of rotatable bonds is 1. The van der Waals surface area contributed by atoms with Gasteiger partial charge in [0.1, 0.15) is 0 Å². The summed E-state index contributed by atoms with van der Waals surface area (Å²) < 4.78 is 1.72. The first-order valence-corrected chi connectivity index (χ1v) is 5.64. The van der Waals surface area contributed by atoms with Crippen molar-refractivity contribution in [2.24, 2.45) is 0 Å². The second-order valence-corrected chi connectivity index (χ2v) is 4.76. The second kappa shape index (κ2) is 3.90. The number of carboxylic acid groups (broad SMARTS) is 1. The number of hydrogen-bond donors (Lipinski definition) is 1. The number of carbonyl (C=O) groups is 1. The molecule has 0 aliphatic rings. The Hall–Kier alpha value is -0.940. The molecule has 15 heavy (non-hydrogen) atoms. The van der Waals surface area contributed by atoms with E-state index in [1.54, 1.807) is 6.07 Å². The van der Waals surface area contributed by atoms with Crippen LogP contribution in [0.3, 0.4) is 0 Å². The van der Waals surface area contributed by atoms with E-state index in [0.717, 1.165) is 19.8 Å². The van der Waals surface area contributed by atoms with Crippen molar-refractivity contribution in [3.8, 4) is 0 Å². The first-order chi connectivity index (χ1) is 7.08. The van der Waals surface area contributed by atoms with Crippen molar-refractivity contribution in [1.82, 2.24) is 4.98 Å². The minimum atomic E-state index is -0.972. The average molecular weight is 331 g/mol. The predicted molar refractivity (Wildman–Crippen MR) is 64.1 cm³/mol. The van der Waals surface area contributed by atoms with Crippen molar-refractivity contribution in [3.05, 3.63) is 38.9 Å². The van der Waals surface area contributed by atoms with Gasteiger partial charge in [-0.05, 0) is 34.1 Å². The number of nitrogens with zero attached hydrogens (tertiary/aromatic N) is 1. The molecule has 1 N–H and O–H groups in total. The van der Waals surface area contributed by atoms with E-state index in [1.165, 1.54) is 6.20 Å². The SMILES string of the molecule is O=C(O)c1cnc2c(Br)cc(Br)cc2c1. The standard InChI is InChI=1S/C10H5Br2NO2/c11-7-2-5-1-6(10(14)15)4-13-9(5)8(12)3-7/h1-4H,(H,14,15). The van der Waals surface area contributed by atoms with E-state index in [0.29, 0.717) is 0 Å². The van der Waals surface area contributed by atoms with Gasteiger partial charge in [0.25, 0.3) is 0 Å². The Morgan fingerprint density at radius 1 is 1.27 bits per heavy atom. The molecule has 1 aromatic carbocycles. The first kappa shape index (κ1) is 10.6. The van der Waals surface area contributed by atoms with E-state index < -0.39 is 5.97 Å². The summed E-state index contributed by atoms with van der Waals surface area (Å²) in [5, 5.41) is 9.61. The topological polar surface area (TPSA) is 50.2 Å². The Morgan fingerprint density at radius 2 is 2.00 bits per heavy atom. The van der Waals surface area contributed by atoms with Gasteiger partial charge < -0.3 is 5.11 Å². The summed E-state index contributed by atoms with van der Waals surface area (Å²) in [5.74, 6) is -0.972. The molecule has 0 aliphatic heterocycles. The molecular formula is C10H5Br2NO2. The van der Waals surface area contributed by atoms with Crippen LogP contribution in [0.4, 0.5) is 0 Å². The van der Waals surface area contributed by atoms with E-state index in [1.807, 2.05) is 12.1 Å². The molecule has 76 valence electrons. The highest BCUT2D eigenvalue weighted by atomic mass is 79.9. The van der Waals surface area contributed by atoms with Crippen molar-refractivity contribution < 1.29 is 9.90 Å². The molecule has 0 atom stereocenters. The van der Waals surface area contributed by atoms with Gasteiger partial charge in [-0.1, -0.05) is 15.9 Å². The number of fused-ring (bicyclic) bond motifs is 1. The molecule has 1 aromatic heterocycles. The van der Waals surface area contributed by atoms with Crippen molar-refractivity contribution in [2.45, 2.75) is 0 Å². The number of aromatic nitrogens is 1. The van der Waals surface area contributed by atoms with Crippen LogP contribution in [0.25, 0.3) is 10.9 Å². The lowest BCUT2D eigenvalue weighted by molar-refractivity contribution is 0.0696. The minimum absolute atomic E-state index is 0.188. The molecule has 0 amide bonds. The molecule has 0 unspecified atom stereocenters. The molecule has 0 radical (unpaired) electrons. The van der Waals surface area contributed by atoms with Crippen LogP contribution in [0, 0.1) is 0 Å². The summed E-state index contributed by atoms with van der Waals surface area (Å²) in [5.41, 5.74) is 0.940. The third-order valence-corrected chi connectivity index (χ3v) is 3.01. The van der Waals surface area contributed by atoms with Gasteiger partial charge >= 0.3 is 5.97 Å². The summed E-state index contributed by atoms with van der Waals surface area (Å²) in [6, 6.07) is 5.30. The maximum absolute atomic E-state index is 10.8. The highest BCUT2D eigenvalue weighted by Gasteiger charge is 2.07. The zero-order valence-electron chi connectivity index (χ0n) is 7.37. The molecule has 3 nitrogen and oxygen atoms in total. The van der Waals surface area contributed by atoms with E-state index in [-0.39, 0.29) is 5.56 Å². The van der Waals surface area contributed by atoms with Crippen LogP contribution in [0.5, 0.6) is 0 Å². The average Bonchev–Trinajstić information content (AvgIpc) is 2.16. The Morgan fingerprint density at radius 3 is 2.67 bits per heavy atom. The zero-order chi connectivity index (χ0) is 11.0. The maximum atomic E-state index is 10.8. The minimum Gasteiger partial charge on any atom is -0.478 e. The number of benzene rings is 1. The highest BCUT2D eigenvalue weighted by Crippen LogP contribution is 2.27. The van der Waals surface area contributed by atoms with Gasteiger partial charge in [-0.15, -0.1) is 0 Å². The Kier molecular flexibility index (Phi) is 2.75. The smallest absolute Gasteiger partial charge is 0.337 e. The quantitative estimate of drug-likeness (QED) is 0.871. The lowest BCUT2D eigenvalue weighted by Gasteiger charge is -2.02. The van der Waals surface area contributed by atoms with Gasteiger partial charge in [-0.2, -0.15) is 0 Å². The van der Waals surface area contributed by atoms with Gasteiger partial charge in [-0.3, -0.25) is 4.98 Å². The van der Waals surface area contributed by atoms with Crippen LogP contribution in [0.2, 0.25) is 0 Å². The van der Waals surface area contributed by atoms with Crippen LogP contribution in [0.15, 0.2) is 33.3 Å². The van der Waals surface area contributed by atoms with Gasteiger partial charge in [0.15, 0.2) is 0 Å². The zero-order valence-corrected chi connectivity index (χ0v) is 10.5. The number of hydrogen-bond acceptors (Lipinski definition) is 2. The highest BCUT2D eigenvalue weighted by molar-refractivity contribution is 9.11. The van der Waals surface area contributed by atoms with Crippen molar-refractivity contribution in [1.29, 1.82) is 0 Å². The number of halogens is 2. The summed E-state index contributed by atoms with van der Waals surface area (Å²) in [4.78, 5) is 14.8. The molecule has 0 aliphatic carbocycles. The molecule has 5 heteroatoms. The largest absolute Gasteiger partial charge is 0.478 e. The number of carboxylic acids is 1. The lowest BCUT2D eigenvalue weighted by Crippen LogP contribution is -1.97. The van der Waals surface area contributed by atoms with Gasteiger partial charge in [0.2, 0.25) is 0 Å².